The SMILES string of the molecule is Cc1cc(-n2ccnc2)cc2[nH]c(-c3c(N[C@H](CO)Cc4cccc([N+](=O)[O-])c4)cc[nH]c3=O)nc12. The largest absolute Gasteiger partial charge is 0.394 e. The number of H-pyrrole nitrogens is 2. The maximum atomic E-state index is 12.9. The number of aromatic amines is 2. The fraction of sp³-hybridized carbons (Fsp3) is 0.160. The minimum Gasteiger partial charge on any atom is -0.394 e. The lowest BCUT2D eigenvalue weighted by atomic mass is 10.0. The Bertz CT molecular complexity index is 1600. The van der Waals surface area contributed by atoms with Crippen LogP contribution in [-0.2, 0) is 6.42 Å². The van der Waals surface area contributed by atoms with Gasteiger partial charge in [-0.15, -0.1) is 0 Å². The summed E-state index contributed by atoms with van der Waals surface area (Å²) >= 11 is 0. The Morgan fingerprint density at radius 1 is 1.25 bits per heavy atom. The predicted molar refractivity (Wildman–Crippen MR) is 135 cm³/mol. The maximum absolute atomic E-state index is 12.9. The third kappa shape index (κ3) is 4.46. The first-order chi connectivity index (χ1) is 17.4. The molecule has 0 aliphatic heterocycles. The lowest BCUT2D eigenvalue weighted by Crippen LogP contribution is -2.28. The number of nitro groups is 1. The number of anilines is 1. The minimum absolute atomic E-state index is 0.0197. The van der Waals surface area contributed by atoms with Crippen LogP contribution in [0.4, 0.5) is 11.4 Å². The molecule has 3 aromatic heterocycles. The molecule has 4 N–H and O–H groups in total. The van der Waals surface area contributed by atoms with Crippen molar-refractivity contribution < 1.29 is 10.0 Å². The second-order valence-electron chi connectivity index (χ2n) is 8.46. The quantitative estimate of drug-likeness (QED) is 0.194. The van der Waals surface area contributed by atoms with Crippen molar-refractivity contribution in [3.63, 3.8) is 0 Å². The van der Waals surface area contributed by atoms with Crippen molar-refractivity contribution in [2.45, 2.75) is 19.4 Å². The van der Waals surface area contributed by atoms with Gasteiger partial charge in [-0.05, 0) is 42.7 Å². The number of pyridine rings is 1. The number of rotatable bonds is 8. The monoisotopic (exact) mass is 485 g/mol. The van der Waals surface area contributed by atoms with Gasteiger partial charge in [-0.2, -0.15) is 0 Å². The van der Waals surface area contributed by atoms with Crippen LogP contribution in [0, 0.1) is 17.0 Å². The van der Waals surface area contributed by atoms with E-state index in [9.17, 15) is 20.0 Å². The molecule has 2 aromatic carbocycles. The summed E-state index contributed by atoms with van der Waals surface area (Å²) in [5.74, 6) is 0.382. The van der Waals surface area contributed by atoms with Crippen LogP contribution >= 0.6 is 0 Å². The Kier molecular flexibility index (Phi) is 6.05. The summed E-state index contributed by atoms with van der Waals surface area (Å²) in [6, 6.07) is 11.4. The maximum Gasteiger partial charge on any atom is 0.269 e. The van der Waals surface area contributed by atoms with Crippen LogP contribution < -0.4 is 10.9 Å². The smallest absolute Gasteiger partial charge is 0.269 e. The van der Waals surface area contributed by atoms with Crippen molar-refractivity contribution in [1.29, 1.82) is 0 Å². The van der Waals surface area contributed by atoms with E-state index in [1.54, 1.807) is 30.7 Å². The van der Waals surface area contributed by atoms with Gasteiger partial charge in [0.2, 0.25) is 0 Å². The summed E-state index contributed by atoms with van der Waals surface area (Å²) in [7, 11) is 0. The fourth-order valence-electron chi connectivity index (χ4n) is 4.25. The van der Waals surface area contributed by atoms with E-state index in [1.807, 2.05) is 29.8 Å². The first kappa shape index (κ1) is 23.0. The zero-order valence-electron chi connectivity index (χ0n) is 19.3. The zero-order valence-corrected chi connectivity index (χ0v) is 19.3. The Balaban J connectivity index is 1.49. The molecule has 0 fully saturated rings. The second kappa shape index (κ2) is 9.47. The molecule has 0 bridgehead atoms. The number of aromatic nitrogens is 5. The van der Waals surface area contributed by atoms with E-state index in [2.05, 4.69) is 20.3 Å². The number of imidazole rings is 2. The first-order valence-electron chi connectivity index (χ1n) is 11.2. The summed E-state index contributed by atoms with van der Waals surface area (Å²) in [6.45, 7) is 1.70. The highest BCUT2D eigenvalue weighted by Gasteiger charge is 2.19. The third-order valence-electron chi connectivity index (χ3n) is 5.95. The number of aliphatic hydroxyl groups is 1. The van der Waals surface area contributed by atoms with E-state index in [1.165, 1.54) is 18.3 Å². The number of hydrogen-bond acceptors (Lipinski definition) is 7. The van der Waals surface area contributed by atoms with E-state index in [0.717, 1.165) is 22.3 Å². The molecule has 0 saturated carbocycles. The van der Waals surface area contributed by atoms with Crippen LogP contribution in [0.3, 0.4) is 0 Å². The number of aryl methyl sites for hydroxylation is 1. The van der Waals surface area contributed by atoms with Gasteiger partial charge in [0, 0.05) is 36.4 Å². The van der Waals surface area contributed by atoms with Crippen LogP contribution in [0.25, 0.3) is 28.1 Å². The Morgan fingerprint density at radius 3 is 2.86 bits per heavy atom. The highest BCUT2D eigenvalue weighted by Crippen LogP contribution is 2.28. The van der Waals surface area contributed by atoms with Gasteiger partial charge in [-0.3, -0.25) is 14.9 Å². The van der Waals surface area contributed by atoms with Crippen LogP contribution in [-0.4, -0.2) is 47.2 Å². The van der Waals surface area contributed by atoms with Gasteiger partial charge in [0.25, 0.3) is 11.2 Å². The Hall–Kier alpha value is -4.77. The lowest BCUT2D eigenvalue weighted by molar-refractivity contribution is -0.384. The van der Waals surface area contributed by atoms with E-state index in [0.29, 0.717) is 29.1 Å². The van der Waals surface area contributed by atoms with Crippen molar-refractivity contribution in [3.8, 4) is 17.1 Å². The molecule has 5 rings (SSSR count). The fourth-order valence-corrected chi connectivity index (χ4v) is 4.25. The number of fused-ring (bicyclic) bond motifs is 1. The standard InChI is InChI=1S/C25H23N7O4/c1-15-9-19(31-8-7-26-14-31)12-21-23(15)30-24(29-21)22-20(5-6-27-25(22)34)28-17(13-33)10-16-3-2-4-18(11-16)32(35)36/h2-9,11-12,14,17,33H,10,13H2,1H3,(H,29,30)(H2,27,28,34)/t17-/m0/s1. The molecule has 11 nitrogen and oxygen atoms in total. The Morgan fingerprint density at radius 2 is 2.11 bits per heavy atom. The molecule has 0 aliphatic carbocycles. The normalized spacial score (nSPS) is 12.1. The average molecular weight is 486 g/mol. The van der Waals surface area contributed by atoms with Gasteiger partial charge in [-0.25, -0.2) is 9.97 Å². The van der Waals surface area contributed by atoms with Gasteiger partial charge < -0.3 is 25.0 Å². The van der Waals surface area contributed by atoms with Gasteiger partial charge in [0.15, 0.2) is 0 Å². The van der Waals surface area contributed by atoms with Crippen molar-refractivity contribution in [1.82, 2.24) is 24.5 Å². The van der Waals surface area contributed by atoms with Gasteiger partial charge in [-0.1, -0.05) is 12.1 Å². The molecule has 0 spiro atoms. The summed E-state index contributed by atoms with van der Waals surface area (Å²) in [5, 5.41) is 24.3. The van der Waals surface area contributed by atoms with E-state index >= 15 is 0 Å². The van der Waals surface area contributed by atoms with Gasteiger partial charge >= 0.3 is 0 Å². The summed E-state index contributed by atoms with van der Waals surface area (Å²) in [4.78, 5) is 38.3. The highest BCUT2D eigenvalue weighted by molar-refractivity contribution is 5.86. The van der Waals surface area contributed by atoms with Crippen molar-refractivity contribution in [3.05, 3.63) is 99.0 Å². The number of nitro benzene ring substituents is 1. The van der Waals surface area contributed by atoms with E-state index < -0.39 is 11.0 Å². The molecule has 5 aromatic rings. The lowest BCUT2D eigenvalue weighted by Gasteiger charge is -2.19. The molecule has 11 heteroatoms. The number of aliphatic hydroxyl groups excluding tert-OH is 1. The third-order valence-corrected chi connectivity index (χ3v) is 5.95. The van der Waals surface area contributed by atoms with Crippen molar-refractivity contribution in [2.75, 3.05) is 11.9 Å². The number of nitrogens with one attached hydrogen (secondary N) is 3. The van der Waals surface area contributed by atoms with Crippen LogP contribution in [0.2, 0.25) is 0 Å². The molecule has 3 heterocycles. The van der Waals surface area contributed by atoms with Crippen LogP contribution in [0.15, 0.2) is 72.2 Å². The van der Waals surface area contributed by atoms with Crippen molar-refractivity contribution in [2.24, 2.45) is 0 Å². The topological polar surface area (TPSA) is 155 Å². The zero-order chi connectivity index (χ0) is 25.2. The number of hydrogen-bond donors (Lipinski definition) is 4. The molecule has 1 atom stereocenters. The molecule has 0 aliphatic rings. The van der Waals surface area contributed by atoms with Crippen molar-refractivity contribution >= 4 is 22.4 Å². The molecular weight excluding hydrogens is 462 g/mol. The summed E-state index contributed by atoms with van der Waals surface area (Å²) in [6.07, 6.45) is 7.08. The first-order valence-corrected chi connectivity index (χ1v) is 11.2. The molecule has 0 radical (unpaired) electrons. The van der Waals surface area contributed by atoms with Gasteiger partial charge in [0.1, 0.15) is 11.4 Å². The predicted octanol–water partition coefficient (Wildman–Crippen LogP) is 3.34. The molecule has 0 amide bonds. The molecular formula is C25H23N7O4. The Labute approximate surface area is 204 Å². The summed E-state index contributed by atoms with van der Waals surface area (Å²) in [5.41, 5.74) is 4.44. The molecule has 0 unspecified atom stereocenters. The second-order valence-corrected chi connectivity index (χ2v) is 8.46. The molecule has 0 saturated heterocycles. The highest BCUT2D eigenvalue weighted by atomic mass is 16.6. The number of nitrogens with zero attached hydrogens (tertiary/aromatic N) is 4. The van der Waals surface area contributed by atoms with E-state index in [4.69, 9.17) is 4.98 Å². The number of benzene rings is 2. The minimum atomic E-state index is -0.494. The molecule has 36 heavy (non-hydrogen) atoms. The van der Waals surface area contributed by atoms with Crippen LogP contribution in [0.5, 0.6) is 0 Å². The van der Waals surface area contributed by atoms with Crippen LogP contribution in [0.1, 0.15) is 11.1 Å². The average Bonchev–Trinajstić information content (AvgIpc) is 3.54. The molecule has 182 valence electrons. The van der Waals surface area contributed by atoms with Gasteiger partial charge in [0.05, 0.1) is 40.6 Å². The summed E-state index contributed by atoms with van der Waals surface area (Å²) < 4.78 is 1.88. The van der Waals surface area contributed by atoms with E-state index in [-0.39, 0.29) is 17.9 Å². The number of non-ortho nitro benzene ring substituents is 1.